The quantitative estimate of drug-likeness (QED) is 0.512. The van der Waals surface area contributed by atoms with Gasteiger partial charge in [0, 0.05) is 0 Å². The molecular weight excluding hydrogens is 258 g/mol. The third kappa shape index (κ3) is 1.28. The molecule has 2 aliphatic rings. The van der Waals surface area contributed by atoms with Crippen LogP contribution in [0.15, 0.2) is 11.3 Å². The molecule has 1 saturated heterocycles. The van der Waals surface area contributed by atoms with Gasteiger partial charge in [0.2, 0.25) is 5.91 Å². The maximum Gasteiger partial charge on any atom is 0.352 e. The largest absolute Gasteiger partial charge is 0.477 e. The number of carbonyl (C=O) groups is 2. The van der Waals surface area contributed by atoms with E-state index < -0.39 is 32.5 Å². The van der Waals surface area contributed by atoms with E-state index in [9.17, 15) is 18.0 Å². The van der Waals surface area contributed by atoms with Crippen molar-refractivity contribution in [1.82, 2.24) is 4.90 Å². The number of hydrogen-bond acceptors (Lipinski definition) is 4. The molecule has 0 spiro atoms. The van der Waals surface area contributed by atoms with Crippen LogP contribution in [0.1, 0.15) is 6.92 Å². The van der Waals surface area contributed by atoms with Crippen LogP contribution in [0.3, 0.4) is 0 Å². The smallest absolute Gasteiger partial charge is 0.352 e. The topological polar surface area (TPSA) is 91.8 Å². The second-order valence-corrected chi connectivity index (χ2v) is 6.31. The van der Waals surface area contributed by atoms with Crippen molar-refractivity contribution in [2.24, 2.45) is 0 Å². The van der Waals surface area contributed by atoms with Gasteiger partial charge in [0.05, 0.1) is 5.75 Å². The van der Waals surface area contributed by atoms with Gasteiger partial charge in [0.1, 0.15) is 11.1 Å². The predicted octanol–water partition coefficient (Wildman–Crippen LogP) is -0.451. The van der Waals surface area contributed by atoms with E-state index in [1.807, 2.05) is 0 Å². The second kappa shape index (κ2) is 3.21. The summed E-state index contributed by atoms with van der Waals surface area (Å²) in [5.74, 6) is -2.35. The van der Waals surface area contributed by atoms with E-state index in [1.165, 1.54) is 6.92 Å². The fourth-order valence-electron chi connectivity index (χ4n) is 1.96. The van der Waals surface area contributed by atoms with Gasteiger partial charge in [-0.2, -0.15) is 0 Å². The molecule has 8 heteroatoms. The number of β-lactam (4-membered cyclic amide) rings is 1. The van der Waals surface area contributed by atoms with Crippen molar-refractivity contribution in [3.63, 3.8) is 0 Å². The van der Waals surface area contributed by atoms with Crippen molar-refractivity contribution in [1.29, 1.82) is 0 Å². The Morgan fingerprint density at radius 2 is 2.12 bits per heavy atom. The summed E-state index contributed by atoms with van der Waals surface area (Å²) >= 11 is 5.59. The number of halogens is 1. The van der Waals surface area contributed by atoms with Crippen LogP contribution >= 0.6 is 11.6 Å². The predicted molar refractivity (Wildman–Crippen MR) is 54.4 cm³/mol. The van der Waals surface area contributed by atoms with Crippen molar-refractivity contribution in [2.75, 3.05) is 5.75 Å². The standard InChI is InChI=1S/C8H8ClNO5S/c1-3-2-16(14,15)7-4(9)6(11)10(7)5(3)8(12)13/h4,7H,2H2,1H3,(H,12,13)/t4-,7-/m0/s1. The van der Waals surface area contributed by atoms with Crippen LogP contribution in [-0.2, 0) is 19.4 Å². The molecular formula is C8H8ClNO5S. The summed E-state index contributed by atoms with van der Waals surface area (Å²) in [5.41, 5.74) is -0.109. The number of carbonyl (C=O) groups excluding carboxylic acids is 1. The number of hydrogen-bond donors (Lipinski definition) is 1. The lowest BCUT2D eigenvalue weighted by Gasteiger charge is -2.46. The van der Waals surface area contributed by atoms with Crippen LogP contribution in [0.2, 0.25) is 0 Å². The average Bonchev–Trinajstić information content (AvgIpc) is 2.13. The van der Waals surface area contributed by atoms with Crippen LogP contribution in [0.25, 0.3) is 0 Å². The van der Waals surface area contributed by atoms with Gasteiger partial charge in [-0.15, -0.1) is 11.6 Å². The minimum atomic E-state index is -3.57. The number of alkyl halides is 1. The Labute approximate surface area is 96.4 Å². The minimum absolute atomic E-state index is 0.153. The summed E-state index contributed by atoms with van der Waals surface area (Å²) in [6, 6.07) is 0. The fraction of sp³-hybridized carbons (Fsp3) is 0.500. The van der Waals surface area contributed by atoms with Gasteiger partial charge in [-0.05, 0) is 12.5 Å². The zero-order chi connectivity index (χ0) is 12.2. The maximum atomic E-state index is 11.7. The molecule has 2 heterocycles. The lowest BCUT2D eigenvalue weighted by atomic mass is 10.1. The summed E-state index contributed by atoms with van der Waals surface area (Å²) in [4.78, 5) is 23.1. The number of carboxylic acid groups (broad SMARTS) is 1. The van der Waals surface area contributed by atoms with E-state index in [-0.39, 0.29) is 17.0 Å². The number of carboxylic acids is 1. The monoisotopic (exact) mass is 265 g/mol. The summed E-state index contributed by atoms with van der Waals surface area (Å²) in [5, 5.41) is 6.52. The molecule has 1 fully saturated rings. The second-order valence-electron chi connectivity index (χ2n) is 3.74. The lowest BCUT2D eigenvalue weighted by molar-refractivity contribution is -0.145. The number of sulfone groups is 1. The highest BCUT2D eigenvalue weighted by Gasteiger charge is 2.58. The van der Waals surface area contributed by atoms with Crippen LogP contribution in [0, 0.1) is 0 Å². The number of rotatable bonds is 1. The first-order valence-electron chi connectivity index (χ1n) is 4.39. The van der Waals surface area contributed by atoms with Gasteiger partial charge in [0.25, 0.3) is 0 Å². The van der Waals surface area contributed by atoms with E-state index in [2.05, 4.69) is 0 Å². The minimum Gasteiger partial charge on any atom is -0.477 e. The third-order valence-electron chi connectivity index (χ3n) is 2.61. The Bertz CT molecular complexity index is 523. The highest BCUT2D eigenvalue weighted by Crippen LogP contribution is 2.38. The van der Waals surface area contributed by atoms with Crippen LogP contribution < -0.4 is 0 Å². The van der Waals surface area contributed by atoms with Crippen molar-refractivity contribution < 1.29 is 23.1 Å². The Hall–Kier alpha value is -1.08. The Kier molecular flexibility index (Phi) is 2.29. The van der Waals surface area contributed by atoms with Crippen molar-refractivity contribution in [3.8, 4) is 0 Å². The molecule has 6 nitrogen and oxygen atoms in total. The van der Waals surface area contributed by atoms with Gasteiger partial charge >= 0.3 is 5.97 Å². The number of fused-ring (bicyclic) bond motifs is 1. The first-order chi connectivity index (χ1) is 7.27. The molecule has 0 aromatic heterocycles. The molecule has 0 saturated carbocycles. The zero-order valence-corrected chi connectivity index (χ0v) is 9.75. The van der Waals surface area contributed by atoms with Crippen LogP contribution in [0.4, 0.5) is 0 Å². The molecule has 88 valence electrons. The molecule has 2 aliphatic heterocycles. The molecule has 0 unspecified atom stereocenters. The van der Waals surface area contributed by atoms with E-state index >= 15 is 0 Å². The van der Waals surface area contributed by atoms with Gasteiger partial charge in [0.15, 0.2) is 15.2 Å². The first kappa shape index (κ1) is 11.4. The van der Waals surface area contributed by atoms with Crippen molar-refractivity contribution in [3.05, 3.63) is 11.3 Å². The molecule has 1 amide bonds. The average molecular weight is 266 g/mol. The lowest BCUT2D eigenvalue weighted by Crippen LogP contribution is -2.67. The number of nitrogens with zero attached hydrogens (tertiary/aromatic N) is 1. The first-order valence-corrected chi connectivity index (χ1v) is 6.54. The number of amides is 1. The van der Waals surface area contributed by atoms with E-state index in [0.29, 0.717) is 0 Å². The summed E-state index contributed by atoms with van der Waals surface area (Å²) < 4.78 is 23.3. The molecule has 0 aromatic carbocycles. The molecule has 0 radical (unpaired) electrons. The summed E-state index contributed by atoms with van der Waals surface area (Å²) in [6.45, 7) is 1.38. The molecule has 2 atom stereocenters. The van der Waals surface area contributed by atoms with Crippen LogP contribution in [0.5, 0.6) is 0 Å². The van der Waals surface area contributed by atoms with Crippen molar-refractivity contribution >= 4 is 33.3 Å². The van der Waals surface area contributed by atoms with Crippen molar-refractivity contribution in [2.45, 2.75) is 17.7 Å². The maximum absolute atomic E-state index is 11.7. The molecule has 0 aromatic rings. The van der Waals surface area contributed by atoms with Gasteiger partial charge in [-0.25, -0.2) is 13.2 Å². The Morgan fingerprint density at radius 1 is 1.56 bits per heavy atom. The summed E-state index contributed by atoms with van der Waals surface area (Å²) in [6.07, 6.45) is 0. The SMILES string of the molecule is CC1=C(C(=O)O)N2C(=O)[C@H](Cl)[C@@H]2S(=O)(=O)C1. The Morgan fingerprint density at radius 3 is 2.62 bits per heavy atom. The molecule has 16 heavy (non-hydrogen) atoms. The van der Waals surface area contributed by atoms with Gasteiger partial charge < -0.3 is 5.11 Å². The highest BCUT2D eigenvalue weighted by atomic mass is 35.5. The Balaban J connectivity index is 2.58. The molecule has 1 N–H and O–H groups in total. The normalized spacial score (nSPS) is 32.1. The molecule has 0 bridgehead atoms. The fourth-order valence-corrected chi connectivity index (χ4v) is 4.57. The van der Waals surface area contributed by atoms with Crippen LogP contribution in [-0.4, -0.2) is 46.8 Å². The van der Waals surface area contributed by atoms with E-state index in [4.69, 9.17) is 16.7 Å². The molecule has 0 aliphatic carbocycles. The zero-order valence-electron chi connectivity index (χ0n) is 8.18. The summed E-state index contributed by atoms with van der Waals surface area (Å²) in [7, 11) is -3.57. The highest BCUT2D eigenvalue weighted by molar-refractivity contribution is 7.92. The number of aliphatic carboxylic acids is 1. The third-order valence-corrected chi connectivity index (χ3v) is 5.24. The molecule has 2 rings (SSSR count). The van der Waals surface area contributed by atoms with Gasteiger partial charge in [-0.3, -0.25) is 9.69 Å². The van der Waals surface area contributed by atoms with Gasteiger partial charge in [-0.1, -0.05) is 0 Å². The van der Waals surface area contributed by atoms with E-state index in [0.717, 1.165) is 4.90 Å². The van der Waals surface area contributed by atoms with E-state index in [1.54, 1.807) is 0 Å².